The Kier molecular flexibility index (Phi) is 9.50. The highest BCUT2D eigenvalue weighted by Crippen LogP contribution is 2.29. The number of aliphatic imine (C=N–C) groups is 1. The van der Waals surface area contributed by atoms with E-state index < -0.39 is 0 Å². The average molecular weight is 440 g/mol. The number of benzene rings is 2. The number of hydrogen-bond acceptors (Lipinski definition) is 6. The van der Waals surface area contributed by atoms with Crippen LogP contribution in [0.15, 0.2) is 47.5 Å². The van der Waals surface area contributed by atoms with E-state index in [4.69, 9.17) is 9.47 Å². The molecule has 2 aromatic rings. The van der Waals surface area contributed by atoms with Crippen LogP contribution in [0, 0.1) is 10.1 Å². The van der Waals surface area contributed by atoms with Crippen LogP contribution in [0.2, 0.25) is 0 Å². The molecule has 0 radical (unpaired) electrons. The second-order valence-corrected chi connectivity index (χ2v) is 7.97. The summed E-state index contributed by atoms with van der Waals surface area (Å²) in [6, 6.07) is 12.8. The Labute approximate surface area is 190 Å². The lowest BCUT2D eigenvalue weighted by Gasteiger charge is -2.28. The van der Waals surface area contributed by atoms with Crippen LogP contribution in [0.4, 0.5) is 17.1 Å². The maximum absolute atomic E-state index is 11.6. The van der Waals surface area contributed by atoms with Crippen molar-refractivity contribution >= 4 is 23.3 Å². The molecule has 0 spiro atoms. The van der Waals surface area contributed by atoms with Gasteiger partial charge in [-0.1, -0.05) is 45.1 Å². The van der Waals surface area contributed by atoms with E-state index in [-0.39, 0.29) is 10.6 Å². The molecule has 1 aliphatic rings. The standard InChI is InChI=1S/C25H33N3O4/c1-2-3-4-5-6-7-16-32-23-11-9-22(10-12-23)26-20-21-8-13-24(25(19-21)28(29)30)27-14-17-31-18-15-27/h8-13,19-20H,2-7,14-18H2,1H3. The molecule has 7 heteroatoms. The number of nitro groups is 1. The van der Waals surface area contributed by atoms with Crippen molar-refractivity contribution in [2.24, 2.45) is 4.99 Å². The third kappa shape index (κ3) is 7.34. The fourth-order valence-corrected chi connectivity index (χ4v) is 3.69. The Morgan fingerprint density at radius 3 is 2.50 bits per heavy atom. The van der Waals surface area contributed by atoms with Crippen LogP contribution in [0.25, 0.3) is 0 Å². The third-order valence-corrected chi connectivity index (χ3v) is 5.51. The van der Waals surface area contributed by atoms with Gasteiger partial charge in [-0.3, -0.25) is 15.1 Å². The molecule has 2 aromatic carbocycles. The smallest absolute Gasteiger partial charge is 0.293 e. The van der Waals surface area contributed by atoms with Gasteiger partial charge in [-0.2, -0.15) is 0 Å². The highest BCUT2D eigenvalue weighted by Gasteiger charge is 2.21. The van der Waals surface area contributed by atoms with Gasteiger partial charge < -0.3 is 14.4 Å². The quantitative estimate of drug-likeness (QED) is 0.177. The molecule has 7 nitrogen and oxygen atoms in total. The van der Waals surface area contributed by atoms with Gasteiger partial charge in [0.2, 0.25) is 0 Å². The lowest BCUT2D eigenvalue weighted by Crippen LogP contribution is -2.36. The van der Waals surface area contributed by atoms with Crippen LogP contribution in [0.5, 0.6) is 5.75 Å². The first-order valence-electron chi connectivity index (χ1n) is 11.6. The zero-order chi connectivity index (χ0) is 22.6. The topological polar surface area (TPSA) is 77.2 Å². The van der Waals surface area contributed by atoms with Crippen LogP contribution in [-0.2, 0) is 4.74 Å². The monoisotopic (exact) mass is 439 g/mol. The molecule has 0 saturated carbocycles. The zero-order valence-electron chi connectivity index (χ0n) is 18.9. The van der Waals surface area contributed by atoms with Gasteiger partial charge in [-0.25, -0.2) is 0 Å². The summed E-state index contributed by atoms with van der Waals surface area (Å²) in [5.74, 6) is 0.836. The molecule has 3 rings (SSSR count). The summed E-state index contributed by atoms with van der Waals surface area (Å²) in [5, 5.41) is 11.6. The molecule has 32 heavy (non-hydrogen) atoms. The van der Waals surface area contributed by atoms with E-state index in [1.54, 1.807) is 18.3 Å². The first-order chi connectivity index (χ1) is 15.7. The Balaban J connectivity index is 1.54. The molecule has 0 atom stereocenters. The molecule has 0 N–H and O–H groups in total. The molecule has 0 bridgehead atoms. The summed E-state index contributed by atoms with van der Waals surface area (Å²) in [7, 11) is 0. The zero-order valence-corrected chi connectivity index (χ0v) is 18.9. The predicted molar refractivity (Wildman–Crippen MR) is 129 cm³/mol. The van der Waals surface area contributed by atoms with Gasteiger partial charge in [-0.15, -0.1) is 0 Å². The van der Waals surface area contributed by atoms with E-state index in [0.717, 1.165) is 24.5 Å². The summed E-state index contributed by atoms with van der Waals surface area (Å²) in [4.78, 5) is 17.7. The van der Waals surface area contributed by atoms with Crippen molar-refractivity contribution in [1.82, 2.24) is 0 Å². The Hall–Kier alpha value is -2.93. The molecule has 0 amide bonds. The van der Waals surface area contributed by atoms with Crippen molar-refractivity contribution in [3.63, 3.8) is 0 Å². The van der Waals surface area contributed by atoms with E-state index in [1.807, 2.05) is 35.2 Å². The van der Waals surface area contributed by atoms with Gasteiger partial charge >= 0.3 is 0 Å². The molecule has 0 unspecified atom stereocenters. The Morgan fingerprint density at radius 1 is 1.06 bits per heavy atom. The number of nitro benzene ring substituents is 1. The third-order valence-electron chi connectivity index (χ3n) is 5.51. The van der Waals surface area contributed by atoms with Crippen LogP contribution in [0.3, 0.4) is 0 Å². The normalized spacial score (nSPS) is 14.1. The fourth-order valence-electron chi connectivity index (χ4n) is 3.69. The first kappa shape index (κ1) is 23.7. The average Bonchev–Trinajstić information content (AvgIpc) is 2.83. The molecule has 172 valence electrons. The highest BCUT2D eigenvalue weighted by atomic mass is 16.6. The van der Waals surface area contributed by atoms with Gasteiger partial charge in [-0.05, 0) is 42.3 Å². The number of rotatable bonds is 12. The van der Waals surface area contributed by atoms with Crippen molar-refractivity contribution in [2.75, 3.05) is 37.8 Å². The van der Waals surface area contributed by atoms with Gasteiger partial charge in [0, 0.05) is 25.4 Å². The van der Waals surface area contributed by atoms with Gasteiger partial charge in [0.1, 0.15) is 11.4 Å². The van der Waals surface area contributed by atoms with Crippen molar-refractivity contribution in [3.8, 4) is 5.75 Å². The summed E-state index contributed by atoms with van der Waals surface area (Å²) < 4.78 is 11.1. The van der Waals surface area contributed by atoms with Crippen molar-refractivity contribution in [2.45, 2.75) is 45.4 Å². The lowest BCUT2D eigenvalue weighted by molar-refractivity contribution is -0.384. The summed E-state index contributed by atoms with van der Waals surface area (Å²) >= 11 is 0. The van der Waals surface area contributed by atoms with E-state index in [2.05, 4.69) is 11.9 Å². The minimum atomic E-state index is -0.335. The molecule has 1 aliphatic heterocycles. The van der Waals surface area contributed by atoms with E-state index >= 15 is 0 Å². The molecule has 1 heterocycles. The van der Waals surface area contributed by atoms with E-state index in [0.29, 0.717) is 37.6 Å². The highest BCUT2D eigenvalue weighted by molar-refractivity contribution is 5.85. The Morgan fingerprint density at radius 2 is 1.78 bits per heavy atom. The number of nitrogens with zero attached hydrogens (tertiary/aromatic N) is 3. The minimum absolute atomic E-state index is 0.0919. The summed E-state index contributed by atoms with van der Waals surface area (Å²) in [6.07, 6.45) is 9.10. The maximum Gasteiger partial charge on any atom is 0.293 e. The molecule has 0 aliphatic carbocycles. The minimum Gasteiger partial charge on any atom is -0.494 e. The number of hydrogen-bond donors (Lipinski definition) is 0. The van der Waals surface area contributed by atoms with Crippen LogP contribution >= 0.6 is 0 Å². The lowest BCUT2D eigenvalue weighted by atomic mass is 10.1. The van der Waals surface area contributed by atoms with Crippen molar-refractivity contribution in [3.05, 3.63) is 58.1 Å². The molecule has 1 fully saturated rings. The molecule has 0 aromatic heterocycles. The molecule has 1 saturated heterocycles. The van der Waals surface area contributed by atoms with Crippen LogP contribution in [0.1, 0.15) is 51.0 Å². The summed E-state index contributed by atoms with van der Waals surface area (Å²) in [5.41, 5.74) is 2.19. The second kappa shape index (κ2) is 12.8. The fraction of sp³-hybridized carbons (Fsp3) is 0.480. The van der Waals surface area contributed by atoms with Gasteiger partial charge in [0.25, 0.3) is 5.69 Å². The second-order valence-electron chi connectivity index (χ2n) is 7.97. The summed E-state index contributed by atoms with van der Waals surface area (Å²) in [6.45, 7) is 5.43. The van der Waals surface area contributed by atoms with E-state index in [9.17, 15) is 10.1 Å². The van der Waals surface area contributed by atoms with Crippen molar-refractivity contribution < 1.29 is 14.4 Å². The number of unbranched alkanes of at least 4 members (excludes halogenated alkanes) is 5. The van der Waals surface area contributed by atoms with E-state index in [1.165, 1.54) is 32.1 Å². The first-order valence-corrected chi connectivity index (χ1v) is 11.6. The maximum atomic E-state index is 11.6. The molecular weight excluding hydrogens is 406 g/mol. The number of morpholine rings is 1. The van der Waals surface area contributed by atoms with Crippen molar-refractivity contribution in [1.29, 1.82) is 0 Å². The largest absolute Gasteiger partial charge is 0.494 e. The Bertz CT molecular complexity index is 877. The van der Waals surface area contributed by atoms with Crippen LogP contribution in [-0.4, -0.2) is 44.0 Å². The number of anilines is 1. The number of ether oxygens (including phenoxy) is 2. The van der Waals surface area contributed by atoms with Crippen LogP contribution < -0.4 is 9.64 Å². The van der Waals surface area contributed by atoms with Gasteiger partial charge in [0.15, 0.2) is 0 Å². The predicted octanol–water partition coefficient (Wildman–Crippen LogP) is 5.92. The van der Waals surface area contributed by atoms with Gasteiger partial charge in [0.05, 0.1) is 30.4 Å². The SMILES string of the molecule is CCCCCCCCOc1ccc(N=Cc2ccc(N3CCOCC3)c([N+](=O)[O-])c2)cc1. The molecular formula is C25H33N3O4.